The molecule has 1 aliphatic carbocycles. The maximum Gasteiger partial charge on any atom is 0.353 e. The van der Waals surface area contributed by atoms with Crippen molar-refractivity contribution in [1.29, 1.82) is 0 Å². The van der Waals surface area contributed by atoms with Gasteiger partial charge in [-0.1, -0.05) is 25.7 Å². The number of ether oxygens (including phenoxy) is 2. The first-order chi connectivity index (χ1) is 13.6. The first kappa shape index (κ1) is 19.7. The molecule has 0 saturated heterocycles. The fraction of sp³-hybridized carbons (Fsp3) is 0.474. The lowest BCUT2D eigenvalue weighted by molar-refractivity contribution is -0.383. The molecule has 1 aliphatic rings. The highest BCUT2D eigenvalue weighted by Crippen LogP contribution is 2.36. The van der Waals surface area contributed by atoms with E-state index in [1.54, 1.807) is 25.3 Å². The molecule has 1 aromatic carbocycles. The van der Waals surface area contributed by atoms with Crippen LogP contribution in [0.25, 0.3) is 0 Å². The van der Waals surface area contributed by atoms with Gasteiger partial charge < -0.3 is 20.1 Å². The van der Waals surface area contributed by atoms with Crippen LogP contribution in [0.1, 0.15) is 38.5 Å². The third-order valence-corrected chi connectivity index (χ3v) is 4.86. The number of hydrogen-bond acceptors (Lipinski definition) is 8. The van der Waals surface area contributed by atoms with Crippen LogP contribution >= 0.6 is 0 Å². The third kappa shape index (κ3) is 4.59. The van der Waals surface area contributed by atoms with Crippen molar-refractivity contribution in [3.8, 4) is 11.5 Å². The van der Waals surface area contributed by atoms with E-state index in [2.05, 4.69) is 20.6 Å². The molecule has 0 bridgehead atoms. The monoisotopic (exact) mass is 387 g/mol. The molecule has 0 unspecified atom stereocenters. The van der Waals surface area contributed by atoms with E-state index in [1.807, 2.05) is 0 Å². The first-order valence-corrected chi connectivity index (χ1v) is 9.37. The molecule has 3 rings (SSSR count). The number of benzene rings is 1. The van der Waals surface area contributed by atoms with E-state index in [0.29, 0.717) is 17.2 Å². The Kier molecular flexibility index (Phi) is 6.46. The predicted molar refractivity (Wildman–Crippen MR) is 107 cm³/mol. The van der Waals surface area contributed by atoms with Gasteiger partial charge in [0.05, 0.1) is 24.8 Å². The minimum Gasteiger partial charge on any atom is -0.497 e. The molecule has 0 aliphatic heterocycles. The fourth-order valence-corrected chi connectivity index (χ4v) is 3.40. The van der Waals surface area contributed by atoms with Gasteiger partial charge in [0.2, 0.25) is 11.6 Å². The summed E-state index contributed by atoms with van der Waals surface area (Å²) in [5.74, 6) is 1.46. The Bertz CT molecular complexity index is 822. The Morgan fingerprint density at radius 1 is 1.07 bits per heavy atom. The number of rotatable bonds is 7. The van der Waals surface area contributed by atoms with Crippen molar-refractivity contribution in [2.45, 2.75) is 44.6 Å². The van der Waals surface area contributed by atoms with Gasteiger partial charge in [-0.2, -0.15) is 0 Å². The average molecular weight is 387 g/mol. The highest BCUT2D eigenvalue weighted by molar-refractivity contribution is 5.76. The molecule has 0 amide bonds. The van der Waals surface area contributed by atoms with E-state index in [1.165, 1.54) is 26.3 Å². The van der Waals surface area contributed by atoms with Crippen molar-refractivity contribution >= 4 is 23.0 Å². The highest BCUT2D eigenvalue weighted by Gasteiger charge is 2.26. The lowest BCUT2D eigenvalue weighted by atomic mass is 10.1. The molecule has 1 saturated carbocycles. The lowest BCUT2D eigenvalue weighted by Crippen LogP contribution is -2.20. The van der Waals surface area contributed by atoms with Crippen LogP contribution in [0.2, 0.25) is 0 Å². The second-order valence-electron chi connectivity index (χ2n) is 6.70. The largest absolute Gasteiger partial charge is 0.497 e. The molecule has 0 atom stereocenters. The quantitative estimate of drug-likeness (QED) is 0.411. The summed E-state index contributed by atoms with van der Waals surface area (Å²) in [6.45, 7) is 0. The van der Waals surface area contributed by atoms with Crippen molar-refractivity contribution < 1.29 is 14.4 Å². The van der Waals surface area contributed by atoms with E-state index in [9.17, 15) is 10.1 Å². The number of methoxy groups -OCH3 is 2. The summed E-state index contributed by atoms with van der Waals surface area (Å²) in [7, 11) is 3.08. The average Bonchev–Trinajstić information content (AvgIpc) is 2.97. The zero-order valence-electron chi connectivity index (χ0n) is 16.1. The summed E-state index contributed by atoms with van der Waals surface area (Å²) in [6.07, 6.45) is 7.93. The normalized spacial score (nSPS) is 14.8. The number of nitro groups is 1. The van der Waals surface area contributed by atoms with E-state index >= 15 is 0 Å². The molecule has 1 aromatic heterocycles. The molecular formula is C19H25N5O4. The molecule has 1 heterocycles. The van der Waals surface area contributed by atoms with E-state index in [4.69, 9.17) is 9.47 Å². The summed E-state index contributed by atoms with van der Waals surface area (Å²) < 4.78 is 10.5. The highest BCUT2D eigenvalue weighted by atomic mass is 16.6. The Balaban J connectivity index is 1.90. The van der Waals surface area contributed by atoms with Crippen LogP contribution in [-0.4, -0.2) is 35.2 Å². The van der Waals surface area contributed by atoms with Crippen molar-refractivity contribution in [2.24, 2.45) is 0 Å². The SMILES string of the molecule is COc1ccc(Nc2ncnc(NC3CCCCCC3)c2[N+](=O)[O-])c(OC)c1. The topological polar surface area (TPSA) is 111 Å². The zero-order valence-corrected chi connectivity index (χ0v) is 16.1. The molecule has 2 N–H and O–H groups in total. The zero-order chi connectivity index (χ0) is 19.9. The van der Waals surface area contributed by atoms with Gasteiger partial charge in [0.15, 0.2) is 0 Å². The van der Waals surface area contributed by atoms with Gasteiger partial charge in [0.25, 0.3) is 0 Å². The molecule has 9 nitrogen and oxygen atoms in total. The lowest BCUT2D eigenvalue weighted by Gasteiger charge is -2.18. The minimum atomic E-state index is -0.461. The second kappa shape index (κ2) is 9.20. The molecular weight excluding hydrogens is 362 g/mol. The summed E-state index contributed by atoms with van der Waals surface area (Å²) >= 11 is 0. The Labute approximate surface area is 163 Å². The van der Waals surface area contributed by atoms with Crippen molar-refractivity contribution in [3.63, 3.8) is 0 Å². The van der Waals surface area contributed by atoms with Crippen LogP contribution in [0, 0.1) is 10.1 Å². The summed E-state index contributed by atoms with van der Waals surface area (Å²) in [5.41, 5.74) is 0.370. The van der Waals surface area contributed by atoms with E-state index in [0.717, 1.165) is 25.7 Å². The molecule has 28 heavy (non-hydrogen) atoms. The Hall–Kier alpha value is -3.10. The Morgan fingerprint density at radius 2 is 1.79 bits per heavy atom. The van der Waals surface area contributed by atoms with Crippen LogP contribution in [0.15, 0.2) is 24.5 Å². The fourth-order valence-electron chi connectivity index (χ4n) is 3.40. The molecule has 0 radical (unpaired) electrons. The van der Waals surface area contributed by atoms with Crippen LogP contribution in [-0.2, 0) is 0 Å². The van der Waals surface area contributed by atoms with Gasteiger partial charge in [0, 0.05) is 12.1 Å². The van der Waals surface area contributed by atoms with Crippen LogP contribution in [0.4, 0.5) is 23.0 Å². The number of nitrogens with one attached hydrogen (secondary N) is 2. The molecule has 1 fully saturated rings. The summed E-state index contributed by atoms with van der Waals surface area (Å²) in [4.78, 5) is 19.6. The number of nitrogens with zero attached hydrogens (tertiary/aromatic N) is 3. The number of hydrogen-bond donors (Lipinski definition) is 2. The second-order valence-corrected chi connectivity index (χ2v) is 6.70. The maximum absolute atomic E-state index is 11.8. The van der Waals surface area contributed by atoms with E-state index < -0.39 is 4.92 Å². The van der Waals surface area contributed by atoms with Crippen molar-refractivity contribution in [3.05, 3.63) is 34.6 Å². The van der Waals surface area contributed by atoms with Gasteiger partial charge in [-0.15, -0.1) is 0 Å². The van der Waals surface area contributed by atoms with Crippen molar-refractivity contribution in [2.75, 3.05) is 24.9 Å². The van der Waals surface area contributed by atoms with Crippen LogP contribution < -0.4 is 20.1 Å². The minimum absolute atomic E-state index is 0.111. The molecule has 9 heteroatoms. The van der Waals surface area contributed by atoms with Gasteiger partial charge in [-0.3, -0.25) is 10.1 Å². The smallest absolute Gasteiger partial charge is 0.353 e. The summed E-state index contributed by atoms with van der Waals surface area (Å²) in [5, 5.41) is 18.1. The van der Waals surface area contributed by atoms with Crippen LogP contribution in [0.5, 0.6) is 11.5 Å². The van der Waals surface area contributed by atoms with Crippen molar-refractivity contribution in [1.82, 2.24) is 9.97 Å². The standard InChI is InChI=1S/C19H25N5O4/c1-27-14-9-10-15(16(11-14)28-2)23-19-17(24(25)26)18(20-12-21-19)22-13-7-5-3-4-6-8-13/h9-13H,3-8H2,1-2H3,(H2,20,21,22,23). The maximum atomic E-state index is 11.8. The molecule has 2 aromatic rings. The van der Waals surface area contributed by atoms with E-state index in [-0.39, 0.29) is 23.4 Å². The molecule has 0 spiro atoms. The van der Waals surface area contributed by atoms with Crippen LogP contribution in [0.3, 0.4) is 0 Å². The third-order valence-electron chi connectivity index (χ3n) is 4.86. The van der Waals surface area contributed by atoms with Gasteiger partial charge in [-0.25, -0.2) is 9.97 Å². The predicted octanol–water partition coefficient (Wildman–Crippen LogP) is 4.28. The first-order valence-electron chi connectivity index (χ1n) is 9.37. The van der Waals surface area contributed by atoms with Gasteiger partial charge >= 0.3 is 5.69 Å². The Morgan fingerprint density at radius 3 is 2.43 bits per heavy atom. The van der Waals surface area contributed by atoms with Gasteiger partial charge in [0.1, 0.15) is 17.8 Å². The molecule has 150 valence electrons. The number of anilines is 3. The summed E-state index contributed by atoms with van der Waals surface area (Å²) in [6, 6.07) is 5.34. The number of aromatic nitrogens is 2. The van der Waals surface area contributed by atoms with Gasteiger partial charge in [-0.05, 0) is 25.0 Å².